The highest BCUT2D eigenvalue weighted by atomic mass is 16.6. The number of benzene rings is 2. The minimum absolute atomic E-state index is 0.0614. The number of amides is 2. The maximum Gasteiger partial charge on any atom is 0.282 e. The number of nitrogens with zero attached hydrogens (tertiary/aromatic N) is 1. The summed E-state index contributed by atoms with van der Waals surface area (Å²) in [6, 6.07) is 12.2. The number of carbonyl (C=O) groups excluding carboxylic acids is 2. The first-order chi connectivity index (χ1) is 12.0. The van der Waals surface area contributed by atoms with Crippen LogP contribution in [-0.4, -0.2) is 23.3 Å². The van der Waals surface area contributed by atoms with E-state index < -0.39 is 10.8 Å². The number of carbonyl (C=O) groups is 2. The van der Waals surface area contributed by atoms with Gasteiger partial charge in [0.1, 0.15) is 5.56 Å². The van der Waals surface area contributed by atoms with Crippen LogP contribution < -0.4 is 10.6 Å². The highest BCUT2D eigenvalue weighted by Crippen LogP contribution is 2.21. The van der Waals surface area contributed by atoms with E-state index in [2.05, 4.69) is 10.6 Å². The van der Waals surface area contributed by atoms with Crippen LogP contribution in [0.25, 0.3) is 0 Å². The molecule has 0 fully saturated rings. The summed E-state index contributed by atoms with van der Waals surface area (Å²) in [6.07, 6.45) is 1.81. The Kier molecular flexibility index (Phi) is 6.22. The van der Waals surface area contributed by atoms with Crippen molar-refractivity contribution < 1.29 is 14.5 Å². The first-order valence-corrected chi connectivity index (χ1v) is 7.96. The Balaban J connectivity index is 2.22. The van der Waals surface area contributed by atoms with E-state index in [1.807, 2.05) is 6.92 Å². The van der Waals surface area contributed by atoms with Crippen LogP contribution in [0.4, 0.5) is 11.4 Å². The molecular weight excluding hydrogens is 322 g/mol. The standard InChI is InChI=1S/C18H19N3O4/c1-2-3-12-19-17(22)13-8-4-6-10-15(13)20-18(23)14-9-5-7-11-16(14)21(24)25/h4-11H,2-3,12H2,1H3,(H,19,22)(H,20,23). The van der Waals surface area contributed by atoms with Gasteiger partial charge in [-0.25, -0.2) is 0 Å². The molecule has 0 bridgehead atoms. The highest BCUT2D eigenvalue weighted by Gasteiger charge is 2.20. The lowest BCUT2D eigenvalue weighted by atomic mass is 10.1. The predicted octanol–water partition coefficient (Wildman–Crippen LogP) is 3.38. The molecule has 2 N–H and O–H groups in total. The van der Waals surface area contributed by atoms with Crippen LogP contribution >= 0.6 is 0 Å². The number of hydrogen-bond donors (Lipinski definition) is 2. The Labute approximate surface area is 145 Å². The van der Waals surface area contributed by atoms with Crippen molar-refractivity contribution >= 4 is 23.2 Å². The minimum atomic E-state index is -0.638. The van der Waals surface area contributed by atoms with Crippen molar-refractivity contribution in [2.24, 2.45) is 0 Å². The van der Waals surface area contributed by atoms with Crippen molar-refractivity contribution in [1.82, 2.24) is 5.32 Å². The van der Waals surface area contributed by atoms with E-state index in [0.717, 1.165) is 12.8 Å². The minimum Gasteiger partial charge on any atom is -0.352 e. The summed E-state index contributed by atoms with van der Waals surface area (Å²) in [6.45, 7) is 2.56. The van der Waals surface area contributed by atoms with Crippen LogP contribution in [0.5, 0.6) is 0 Å². The molecule has 0 radical (unpaired) electrons. The summed E-state index contributed by atoms with van der Waals surface area (Å²) in [7, 11) is 0. The van der Waals surface area contributed by atoms with Gasteiger partial charge in [0, 0.05) is 12.6 Å². The van der Waals surface area contributed by atoms with E-state index >= 15 is 0 Å². The molecule has 0 saturated heterocycles. The molecule has 7 nitrogen and oxygen atoms in total. The van der Waals surface area contributed by atoms with Crippen LogP contribution in [0.3, 0.4) is 0 Å². The summed E-state index contributed by atoms with van der Waals surface area (Å²) in [5, 5.41) is 16.4. The van der Waals surface area contributed by atoms with Gasteiger partial charge >= 0.3 is 0 Å². The number of anilines is 1. The number of rotatable bonds is 7. The van der Waals surface area contributed by atoms with E-state index in [4.69, 9.17) is 0 Å². The molecule has 0 unspecified atom stereocenters. The van der Waals surface area contributed by atoms with Crippen LogP contribution in [-0.2, 0) is 0 Å². The number of nitrogens with one attached hydrogen (secondary N) is 2. The van der Waals surface area contributed by atoms with E-state index in [-0.39, 0.29) is 17.2 Å². The molecule has 0 aliphatic heterocycles. The number of nitro groups is 1. The van der Waals surface area contributed by atoms with Crippen molar-refractivity contribution in [3.05, 3.63) is 69.8 Å². The topological polar surface area (TPSA) is 101 Å². The van der Waals surface area contributed by atoms with Crippen molar-refractivity contribution in [2.75, 3.05) is 11.9 Å². The fourth-order valence-corrected chi connectivity index (χ4v) is 2.28. The van der Waals surface area contributed by atoms with E-state index in [1.165, 1.54) is 18.2 Å². The summed E-state index contributed by atoms with van der Waals surface area (Å²) in [5.41, 5.74) is 0.267. The number of para-hydroxylation sites is 2. The number of unbranched alkanes of at least 4 members (excludes halogenated alkanes) is 1. The summed E-state index contributed by atoms with van der Waals surface area (Å²) in [4.78, 5) is 35.1. The van der Waals surface area contributed by atoms with Gasteiger partial charge in [0.25, 0.3) is 17.5 Å². The molecule has 0 spiro atoms. The molecule has 2 amide bonds. The maximum absolute atomic E-state index is 12.4. The van der Waals surface area contributed by atoms with Gasteiger partial charge in [-0.15, -0.1) is 0 Å². The van der Waals surface area contributed by atoms with Gasteiger partial charge < -0.3 is 10.6 Å². The van der Waals surface area contributed by atoms with Crippen molar-refractivity contribution in [3.63, 3.8) is 0 Å². The van der Waals surface area contributed by atoms with Crippen LogP contribution in [0.15, 0.2) is 48.5 Å². The average molecular weight is 341 g/mol. The van der Waals surface area contributed by atoms with Gasteiger partial charge in [-0.3, -0.25) is 19.7 Å². The third-order valence-corrected chi connectivity index (χ3v) is 3.58. The normalized spacial score (nSPS) is 10.1. The molecule has 0 aliphatic carbocycles. The fourth-order valence-electron chi connectivity index (χ4n) is 2.28. The van der Waals surface area contributed by atoms with Gasteiger partial charge in [-0.2, -0.15) is 0 Å². The number of nitro benzene ring substituents is 1. The molecular formula is C18H19N3O4. The first kappa shape index (κ1) is 18.1. The van der Waals surface area contributed by atoms with Gasteiger partial charge in [0.05, 0.1) is 16.2 Å². The average Bonchev–Trinajstić information content (AvgIpc) is 2.62. The highest BCUT2D eigenvalue weighted by molar-refractivity contribution is 6.10. The Morgan fingerprint density at radius 2 is 1.64 bits per heavy atom. The van der Waals surface area contributed by atoms with Crippen molar-refractivity contribution in [1.29, 1.82) is 0 Å². The lowest BCUT2D eigenvalue weighted by molar-refractivity contribution is -0.385. The molecule has 25 heavy (non-hydrogen) atoms. The van der Waals surface area contributed by atoms with Gasteiger partial charge in [-0.05, 0) is 24.6 Å². The molecule has 130 valence electrons. The van der Waals surface area contributed by atoms with Gasteiger partial charge in [-0.1, -0.05) is 37.6 Å². The zero-order valence-corrected chi connectivity index (χ0v) is 13.8. The Morgan fingerprint density at radius 3 is 2.32 bits per heavy atom. The molecule has 0 heterocycles. The van der Waals surface area contributed by atoms with E-state index in [0.29, 0.717) is 17.8 Å². The summed E-state index contributed by atoms with van der Waals surface area (Å²) in [5.74, 6) is -0.937. The molecule has 0 saturated carbocycles. The van der Waals surface area contributed by atoms with Gasteiger partial charge in [0.15, 0.2) is 0 Å². The van der Waals surface area contributed by atoms with E-state index in [1.54, 1.807) is 30.3 Å². The molecule has 2 aromatic rings. The van der Waals surface area contributed by atoms with Crippen LogP contribution in [0.1, 0.15) is 40.5 Å². The van der Waals surface area contributed by atoms with Gasteiger partial charge in [0.2, 0.25) is 0 Å². The molecule has 0 atom stereocenters. The zero-order valence-electron chi connectivity index (χ0n) is 13.8. The van der Waals surface area contributed by atoms with Crippen molar-refractivity contribution in [2.45, 2.75) is 19.8 Å². The number of hydrogen-bond acceptors (Lipinski definition) is 4. The first-order valence-electron chi connectivity index (χ1n) is 7.96. The second kappa shape index (κ2) is 8.58. The quantitative estimate of drug-likeness (QED) is 0.458. The van der Waals surface area contributed by atoms with Crippen LogP contribution in [0, 0.1) is 10.1 Å². The second-order valence-electron chi connectivity index (χ2n) is 5.38. The molecule has 0 aromatic heterocycles. The SMILES string of the molecule is CCCCNC(=O)c1ccccc1NC(=O)c1ccccc1[N+](=O)[O-]. The maximum atomic E-state index is 12.4. The largest absolute Gasteiger partial charge is 0.352 e. The zero-order chi connectivity index (χ0) is 18.2. The lowest BCUT2D eigenvalue weighted by Crippen LogP contribution is -2.26. The molecule has 7 heteroatoms. The molecule has 2 rings (SSSR count). The third-order valence-electron chi connectivity index (χ3n) is 3.58. The summed E-state index contributed by atoms with van der Waals surface area (Å²) < 4.78 is 0. The Bertz CT molecular complexity index is 789. The second-order valence-corrected chi connectivity index (χ2v) is 5.38. The fraction of sp³-hybridized carbons (Fsp3) is 0.222. The Morgan fingerprint density at radius 1 is 1.00 bits per heavy atom. The monoisotopic (exact) mass is 341 g/mol. The molecule has 2 aromatic carbocycles. The lowest BCUT2D eigenvalue weighted by Gasteiger charge is -2.11. The van der Waals surface area contributed by atoms with Crippen LogP contribution in [0.2, 0.25) is 0 Å². The smallest absolute Gasteiger partial charge is 0.282 e. The van der Waals surface area contributed by atoms with Crippen molar-refractivity contribution in [3.8, 4) is 0 Å². The predicted molar refractivity (Wildman–Crippen MR) is 94.7 cm³/mol. The summed E-state index contributed by atoms with van der Waals surface area (Å²) >= 11 is 0. The Hall–Kier alpha value is -3.22. The third kappa shape index (κ3) is 4.63. The van der Waals surface area contributed by atoms with E-state index in [9.17, 15) is 19.7 Å². The molecule has 0 aliphatic rings.